The summed E-state index contributed by atoms with van der Waals surface area (Å²) in [4.78, 5) is 17.3. The zero-order chi connectivity index (χ0) is 17.1. The number of rotatable bonds is 7. The fourth-order valence-electron chi connectivity index (χ4n) is 3.61. The Labute approximate surface area is 146 Å². The molecule has 3 rings (SSSR count). The Morgan fingerprint density at radius 1 is 1.25 bits per heavy atom. The summed E-state index contributed by atoms with van der Waals surface area (Å²) in [6, 6.07) is 10.7. The van der Waals surface area contributed by atoms with Crippen LogP contribution in [0.2, 0.25) is 0 Å². The van der Waals surface area contributed by atoms with Crippen LogP contribution < -0.4 is 5.73 Å². The third-order valence-electron chi connectivity index (χ3n) is 5.35. The summed E-state index contributed by atoms with van der Waals surface area (Å²) < 4.78 is 0. The van der Waals surface area contributed by atoms with Gasteiger partial charge < -0.3 is 10.6 Å². The molecule has 2 N–H and O–H groups in total. The van der Waals surface area contributed by atoms with Gasteiger partial charge in [0.1, 0.15) is 0 Å². The number of hydrogen-bond donors (Lipinski definition) is 1. The second-order valence-electron chi connectivity index (χ2n) is 7.87. The maximum absolute atomic E-state index is 12.7. The van der Waals surface area contributed by atoms with E-state index in [4.69, 9.17) is 5.73 Å². The highest BCUT2D eigenvalue weighted by atomic mass is 16.2. The van der Waals surface area contributed by atoms with E-state index < -0.39 is 0 Å². The van der Waals surface area contributed by atoms with Crippen LogP contribution in [-0.2, 0) is 11.3 Å². The third kappa shape index (κ3) is 4.37. The maximum atomic E-state index is 12.7. The molecular weight excluding hydrogens is 298 g/mol. The molecule has 1 saturated heterocycles. The molecule has 4 nitrogen and oxygen atoms in total. The molecule has 1 aliphatic carbocycles. The third-order valence-corrected chi connectivity index (χ3v) is 5.35. The van der Waals surface area contributed by atoms with Crippen LogP contribution in [-0.4, -0.2) is 47.4 Å². The molecule has 0 radical (unpaired) electrons. The summed E-state index contributed by atoms with van der Waals surface area (Å²) >= 11 is 0. The lowest BCUT2D eigenvalue weighted by atomic mass is 10.0. The summed E-state index contributed by atoms with van der Waals surface area (Å²) in [5.41, 5.74) is 7.50. The van der Waals surface area contributed by atoms with Crippen LogP contribution in [0, 0.1) is 11.8 Å². The van der Waals surface area contributed by atoms with Crippen molar-refractivity contribution in [3.63, 3.8) is 0 Å². The SMILES string of the molecule is CC(C)C(N)C(=O)N(CC1CCN(Cc2ccccc2)C1)C1CC1. The molecule has 24 heavy (non-hydrogen) atoms. The van der Waals surface area contributed by atoms with Crippen molar-refractivity contribution in [1.82, 2.24) is 9.80 Å². The zero-order valence-corrected chi connectivity index (χ0v) is 15.0. The number of benzene rings is 1. The van der Waals surface area contributed by atoms with E-state index in [0.29, 0.717) is 12.0 Å². The standard InChI is InChI=1S/C20H31N3O/c1-15(2)19(21)20(24)23(18-8-9-18)14-17-10-11-22(13-17)12-16-6-4-3-5-7-16/h3-7,15,17-19H,8-14,21H2,1-2H3. The summed E-state index contributed by atoms with van der Waals surface area (Å²) in [7, 11) is 0. The van der Waals surface area contributed by atoms with Gasteiger partial charge in [-0.25, -0.2) is 0 Å². The first-order chi connectivity index (χ1) is 11.5. The summed E-state index contributed by atoms with van der Waals surface area (Å²) in [5.74, 6) is 0.948. The zero-order valence-electron chi connectivity index (χ0n) is 15.0. The molecule has 132 valence electrons. The van der Waals surface area contributed by atoms with Gasteiger partial charge in [-0.3, -0.25) is 9.69 Å². The van der Waals surface area contributed by atoms with E-state index in [1.54, 1.807) is 0 Å². The predicted molar refractivity (Wildman–Crippen MR) is 97.4 cm³/mol. The highest BCUT2D eigenvalue weighted by Gasteiger charge is 2.37. The van der Waals surface area contributed by atoms with Gasteiger partial charge in [0.25, 0.3) is 0 Å². The smallest absolute Gasteiger partial charge is 0.240 e. The van der Waals surface area contributed by atoms with Crippen molar-refractivity contribution in [1.29, 1.82) is 0 Å². The normalized spacial score (nSPS) is 22.8. The Morgan fingerprint density at radius 3 is 2.58 bits per heavy atom. The molecule has 1 aromatic carbocycles. The van der Waals surface area contributed by atoms with Crippen molar-refractivity contribution < 1.29 is 4.79 Å². The quantitative estimate of drug-likeness (QED) is 0.836. The molecule has 1 aromatic rings. The van der Waals surface area contributed by atoms with Crippen LogP contribution in [0.15, 0.2) is 30.3 Å². The van der Waals surface area contributed by atoms with Gasteiger partial charge in [-0.05, 0) is 43.2 Å². The van der Waals surface area contributed by atoms with E-state index in [0.717, 1.165) is 39.0 Å². The van der Waals surface area contributed by atoms with Gasteiger partial charge in [-0.1, -0.05) is 44.2 Å². The predicted octanol–water partition coefficient (Wildman–Crippen LogP) is 2.48. The van der Waals surface area contributed by atoms with E-state index in [2.05, 4.69) is 40.1 Å². The highest BCUT2D eigenvalue weighted by molar-refractivity contribution is 5.82. The van der Waals surface area contributed by atoms with E-state index in [9.17, 15) is 4.79 Å². The van der Waals surface area contributed by atoms with Crippen LogP contribution in [0.4, 0.5) is 0 Å². The van der Waals surface area contributed by atoms with Crippen LogP contribution in [0.1, 0.15) is 38.7 Å². The minimum absolute atomic E-state index is 0.161. The molecule has 0 bridgehead atoms. The Kier molecular flexibility index (Phi) is 5.57. The Balaban J connectivity index is 1.54. The van der Waals surface area contributed by atoms with Gasteiger partial charge in [-0.15, -0.1) is 0 Å². The molecule has 1 saturated carbocycles. The summed E-state index contributed by atoms with van der Waals surface area (Å²) in [5, 5.41) is 0. The van der Waals surface area contributed by atoms with Crippen molar-refractivity contribution in [2.45, 2.75) is 51.7 Å². The van der Waals surface area contributed by atoms with E-state index in [-0.39, 0.29) is 17.9 Å². The average Bonchev–Trinajstić information content (AvgIpc) is 3.33. The van der Waals surface area contributed by atoms with Gasteiger partial charge >= 0.3 is 0 Å². The molecule has 2 atom stereocenters. The topological polar surface area (TPSA) is 49.6 Å². The van der Waals surface area contributed by atoms with Crippen molar-refractivity contribution in [2.75, 3.05) is 19.6 Å². The molecule has 2 fully saturated rings. The first-order valence-corrected chi connectivity index (χ1v) is 9.37. The number of nitrogens with two attached hydrogens (primary N) is 1. The molecule has 1 aliphatic heterocycles. The van der Waals surface area contributed by atoms with Crippen molar-refractivity contribution >= 4 is 5.91 Å². The van der Waals surface area contributed by atoms with Crippen molar-refractivity contribution in [3.8, 4) is 0 Å². The maximum Gasteiger partial charge on any atom is 0.240 e. The van der Waals surface area contributed by atoms with Crippen LogP contribution in [0.25, 0.3) is 0 Å². The Morgan fingerprint density at radius 2 is 1.96 bits per heavy atom. The van der Waals surface area contributed by atoms with Crippen LogP contribution >= 0.6 is 0 Å². The highest BCUT2D eigenvalue weighted by Crippen LogP contribution is 2.30. The van der Waals surface area contributed by atoms with Crippen molar-refractivity contribution in [2.24, 2.45) is 17.6 Å². The molecule has 1 heterocycles. The first kappa shape index (κ1) is 17.4. The van der Waals surface area contributed by atoms with Crippen LogP contribution in [0.5, 0.6) is 0 Å². The second kappa shape index (κ2) is 7.66. The fraction of sp³-hybridized carbons (Fsp3) is 0.650. The van der Waals surface area contributed by atoms with Gasteiger partial charge in [-0.2, -0.15) is 0 Å². The lowest BCUT2D eigenvalue weighted by molar-refractivity contribution is -0.134. The minimum Gasteiger partial charge on any atom is -0.338 e. The molecule has 0 aromatic heterocycles. The average molecular weight is 329 g/mol. The Bertz CT molecular complexity index is 541. The Hall–Kier alpha value is -1.39. The van der Waals surface area contributed by atoms with Gasteiger partial charge in [0, 0.05) is 25.7 Å². The number of amides is 1. The lowest BCUT2D eigenvalue weighted by Crippen LogP contribution is -2.49. The second-order valence-corrected chi connectivity index (χ2v) is 7.87. The number of likely N-dealkylation sites (tertiary alicyclic amines) is 1. The summed E-state index contributed by atoms with van der Waals surface area (Å²) in [6.45, 7) is 8.18. The van der Waals surface area contributed by atoms with Gasteiger partial charge in [0.2, 0.25) is 5.91 Å². The molecule has 2 aliphatic rings. The van der Waals surface area contributed by atoms with E-state index >= 15 is 0 Å². The van der Waals surface area contributed by atoms with E-state index in [1.807, 2.05) is 13.8 Å². The minimum atomic E-state index is -0.354. The number of hydrogen-bond acceptors (Lipinski definition) is 3. The summed E-state index contributed by atoms with van der Waals surface area (Å²) in [6.07, 6.45) is 3.48. The fourth-order valence-corrected chi connectivity index (χ4v) is 3.61. The lowest BCUT2D eigenvalue weighted by Gasteiger charge is -2.29. The van der Waals surface area contributed by atoms with Gasteiger partial charge in [0.15, 0.2) is 0 Å². The molecule has 1 amide bonds. The number of carbonyl (C=O) groups excluding carboxylic acids is 1. The largest absolute Gasteiger partial charge is 0.338 e. The molecular formula is C20H31N3O. The first-order valence-electron chi connectivity index (χ1n) is 9.37. The van der Waals surface area contributed by atoms with Crippen LogP contribution in [0.3, 0.4) is 0 Å². The number of nitrogens with zero attached hydrogens (tertiary/aromatic N) is 2. The van der Waals surface area contributed by atoms with Gasteiger partial charge in [0.05, 0.1) is 6.04 Å². The monoisotopic (exact) mass is 329 g/mol. The number of carbonyl (C=O) groups is 1. The van der Waals surface area contributed by atoms with E-state index in [1.165, 1.54) is 12.0 Å². The van der Waals surface area contributed by atoms with Crippen molar-refractivity contribution in [3.05, 3.63) is 35.9 Å². The molecule has 4 heteroatoms. The molecule has 2 unspecified atom stereocenters. The molecule has 0 spiro atoms.